The number of benzene rings is 2. The van der Waals surface area contributed by atoms with Crippen LogP contribution < -0.4 is 14.8 Å². The van der Waals surface area contributed by atoms with Crippen molar-refractivity contribution in [2.75, 3.05) is 5.75 Å². The van der Waals surface area contributed by atoms with E-state index in [0.717, 1.165) is 0 Å². The van der Waals surface area contributed by atoms with Gasteiger partial charge in [0, 0.05) is 6.42 Å². The van der Waals surface area contributed by atoms with Crippen molar-refractivity contribution in [2.24, 2.45) is 0 Å². The molecule has 3 rings (SSSR count). The molecule has 10 heteroatoms. The van der Waals surface area contributed by atoms with Gasteiger partial charge in [-0.2, -0.15) is 8.42 Å². The molecule has 2 N–H and O–H groups in total. The van der Waals surface area contributed by atoms with Gasteiger partial charge < -0.3 is 14.8 Å². The van der Waals surface area contributed by atoms with Crippen LogP contribution in [0.25, 0.3) is 0 Å². The summed E-state index contributed by atoms with van der Waals surface area (Å²) in [6.45, 7) is 1.74. The summed E-state index contributed by atoms with van der Waals surface area (Å²) in [6.07, 6.45) is 0.643. The lowest BCUT2D eigenvalue weighted by Gasteiger charge is -2.27. The summed E-state index contributed by atoms with van der Waals surface area (Å²) in [4.78, 5) is 12.8. The number of amides is 1. The lowest BCUT2D eigenvalue weighted by atomic mass is 9.84. The van der Waals surface area contributed by atoms with Gasteiger partial charge in [-0.3, -0.25) is 4.79 Å². The van der Waals surface area contributed by atoms with E-state index in [2.05, 4.69) is 26.6 Å². The second-order valence-corrected chi connectivity index (χ2v) is 9.56. The summed E-state index contributed by atoms with van der Waals surface area (Å²) in [6, 6.07) is 10.7. The number of hydrogen-bond acceptors (Lipinski definition) is 5. The van der Waals surface area contributed by atoms with Gasteiger partial charge in [-0.1, -0.05) is 25.1 Å². The highest BCUT2D eigenvalue weighted by Crippen LogP contribution is 2.32. The minimum atomic E-state index is -3.67. The molecule has 1 aliphatic heterocycles. The fraction of sp³-hybridized carbons (Fsp3) is 0.263. The van der Waals surface area contributed by atoms with Crippen LogP contribution in [-0.2, 0) is 26.9 Å². The zero-order valence-electron chi connectivity index (χ0n) is 15.4. The number of hydrogen-bond donors (Lipinski definition) is 2. The van der Waals surface area contributed by atoms with Gasteiger partial charge in [0.1, 0.15) is 17.1 Å². The van der Waals surface area contributed by atoms with E-state index in [1.54, 1.807) is 31.2 Å². The van der Waals surface area contributed by atoms with Crippen LogP contribution in [0.5, 0.6) is 5.75 Å². The predicted octanol–water partition coefficient (Wildman–Crippen LogP) is 3.15. The van der Waals surface area contributed by atoms with Gasteiger partial charge in [0.25, 0.3) is 5.91 Å². The van der Waals surface area contributed by atoms with E-state index < -0.39 is 21.5 Å². The molecular weight excluding hydrogens is 483 g/mol. The Bertz CT molecular complexity index is 1060. The Balaban J connectivity index is 1.94. The molecule has 1 atom stereocenters. The molecule has 1 amide bonds. The number of carbonyl (C=O) groups excluding carboxylic acids is 1. The van der Waals surface area contributed by atoms with Gasteiger partial charge in [-0.15, -0.1) is 0 Å². The normalized spacial score (nSPS) is 19.0. The van der Waals surface area contributed by atoms with Gasteiger partial charge in [0.05, 0.1) is 10.2 Å². The van der Waals surface area contributed by atoms with Crippen molar-refractivity contribution < 1.29 is 21.8 Å². The molecule has 0 saturated carbocycles. The summed E-state index contributed by atoms with van der Waals surface area (Å²) in [7, 11) is -3.67. The van der Waals surface area contributed by atoms with Crippen LogP contribution in [0.1, 0.15) is 24.5 Å². The number of nitrogens with one attached hydrogen (secondary N) is 2. The SMILES string of the molecule is CCCS(=O)(=O)Oc1ccc(C2(Cc3ccc(F)c(Br)c3)NC(=S)NC2=O)cc1. The second-order valence-electron chi connectivity index (χ2n) is 6.61. The second kappa shape index (κ2) is 8.37. The first-order valence-corrected chi connectivity index (χ1v) is 11.5. The predicted molar refractivity (Wildman–Crippen MR) is 115 cm³/mol. The number of halogens is 2. The molecule has 2 aromatic rings. The summed E-state index contributed by atoms with van der Waals surface area (Å²) >= 11 is 8.27. The molecule has 1 aliphatic rings. The zero-order chi connectivity index (χ0) is 21.2. The number of thiocarbonyl (C=S) groups is 1. The van der Waals surface area contributed by atoms with Gasteiger partial charge in [0.15, 0.2) is 5.11 Å². The molecule has 1 unspecified atom stereocenters. The maximum atomic E-state index is 13.6. The lowest BCUT2D eigenvalue weighted by molar-refractivity contribution is -0.124. The third-order valence-electron chi connectivity index (χ3n) is 4.42. The molecule has 0 spiro atoms. The first-order valence-electron chi connectivity index (χ1n) is 8.75. The van der Waals surface area contributed by atoms with E-state index in [1.165, 1.54) is 18.2 Å². The fourth-order valence-corrected chi connectivity index (χ4v) is 4.79. The van der Waals surface area contributed by atoms with Gasteiger partial charge in [-0.25, -0.2) is 4.39 Å². The smallest absolute Gasteiger partial charge is 0.309 e. The molecule has 29 heavy (non-hydrogen) atoms. The van der Waals surface area contributed by atoms with Crippen LogP contribution in [0, 0.1) is 5.82 Å². The van der Waals surface area contributed by atoms with Crippen LogP contribution in [0.4, 0.5) is 4.39 Å². The minimum absolute atomic E-state index is 0.0869. The quantitative estimate of drug-likeness (QED) is 0.448. The van der Waals surface area contributed by atoms with E-state index in [4.69, 9.17) is 16.4 Å². The van der Waals surface area contributed by atoms with Crippen molar-refractivity contribution in [2.45, 2.75) is 25.3 Å². The molecule has 0 aliphatic carbocycles. The first kappa shape index (κ1) is 21.7. The lowest BCUT2D eigenvalue weighted by Crippen LogP contribution is -2.45. The Labute approximate surface area is 182 Å². The minimum Gasteiger partial charge on any atom is -0.382 e. The van der Waals surface area contributed by atoms with Crippen molar-refractivity contribution in [1.29, 1.82) is 0 Å². The summed E-state index contributed by atoms with van der Waals surface area (Å²) < 4.78 is 42.6. The van der Waals surface area contributed by atoms with Gasteiger partial charge in [-0.05, 0) is 70.0 Å². The highest BCUT2D eigenvalue weighted by atomic mass is 79.9. The van der Waals surface area contributed by atoms with E-state index in [9.17, 15) is 17.6 Å². The van der Waals surface area contributed by atoms with Gasteiger partial charge >= 0.3 is 10.1 Å². The van der Waals surface area contributed by atoms with E-state index in [0.29, 0.717) is 17.5 Å². The average molecular weight is 501 g/mol. The van der Waals surface area contributed by atoms with Crippen LogP contribution in [-0.4, -0.2) is 25.2 Å². The molecule has 0 bridgehead atoms. The standard InChI is InChI=1S/C19H18BrFN2O4S2/c1-2-9-29(25,26)27-14-6-4-13(5-7-14)19(17(24)22-18(28)23-19)11-12-3-8-16(21)15(20)10-12/h3-8,10H,2,9,11H2,1H3,(H2,22,23,24,28). The van der Waals surface area contributed by atoms with Crippen LogP contribution in [0.3, 0.4) is 0 Å². The van der Waals surface area contributed by atoms with Gasteiger partial charge in [0.2, 0.25) is 0 Å². The molecule has 1 saturated heterocycles. The van der Waals surface area contributed by atoms with E-state index in [1.807, 2.05) is 0 Å². The highest BCUT2D eigenvalue weighted by molar-refractivity contribution is 9.10. The Morgan fingerprint density at radius 3 is 2.45 bits per heavy atom. The Morgan fingerprint density at radius 1 is 1.21 bits per heavy atom. The van der Waals surface area contributed by atoms with E-state index >= 15 is 0 Å². The Kier molecular flexibility index (Phi) is 6.25. The Morgan fingerprint density at radius 2 is 1.90 bits per heavy atom. The molecule has 0 radical (unpaired) electrons. The molecule has 1 heterocycles. The third kappa shape index (κ3) is 4.76. The number of carbonyl (C=O) groups is 1. The van der Waals surface area contributed by atoms with Crippen LogP contribution >= 0.6 is 28.1 Å². The Hall–Kier alpha value is -2.04. The zero-order valence-corrected chi connectivity index (χ0v) is 18.6. The largest absolute Gasteiger partial charge is 0.382 e. The maximum absolute atomic E-state index is 13.6. The van der Waals surface area contributed by atoms with Crippen LogP contribution in [0.2, 0.25) is 0 Å². The van der Waals surface area contributed by atoms with Crippen molar-refractivity contribution in [1.82, 2.24) is 10.6 Å². The molecule has 154 valence electrons. The molecule has 6 nitrogen and oxygen atoms in total. The first-order chi connectivity index (χ1) is 13.6. The molecule has 2 aromatic carbocycles. The van der Waals surface area contributed by atoms with Crippen LogP contribution in [0.15, 0.2) is 46.9 Å². The number of rotatable bonds is 7. The monoisotopic (exact) mass is 500 g/mol. The fourth-order valence-electron chi connectivity index (χ4n) is 3.11. The maximum Gasteiger partial charge on any atom is 0.309 e. The summed E-state index contributed by atoms with van der Waals surface area (Å²) in [5, 5.41) is 5.78. The van der Waals surface area contributed by atoms with Crippen molar-refractivity contribution in [3.8, 4) is 5.75 Å². The van der Waals surface area contributed by atoms with Crippen molar-refractivity contribution in [3.63, 3.8) is 0 Å². The summed E-state index contributed by atoms with van der Waals surface area (Å²) in [5.41, 5.74) is 0.0573. The molecule has 0 aromatic heterocycles. The topological polar surface area (TPSA) is 84.5 Å². The average Bonchev–Trinajstić information content (AvgIpc) is 2.92. The summed E-state index contributed by atoms with van der Waals surface area (Å²) in [5.74, 6) is -0.689. The van der Waals surface area contributed by atoms with E-state index in [-0.39, 0.29) is 33.4 Å². The van der Waals surface area contributed by atoms with Crippen molar-refractivity contribution in [3.05, 3.63) is 63.9 Å². The third-order valence-corrected chi connectivity index (χ3v) is 6.59. The van der Waals surface area contributed by atoms with Crippen molar-refractivity contribution >= 4 is 49.3 Å². The molecular formula is C19H18BrFN2O4S2. The highest BCUT2D eigenvalue weighted by Gasteiger charge is 2.46. The molecule has 1 fully saturated rings.